The van der Waals surface area contributed by atoms with E-state index in [1.165, 1.54) is 57.8 Å². The second kappa shape index (κ2) is 25.4. The van der Waals surface area contributed by atoms with E-state index in [2.05, 4.69) is 19.2 Å². The molecule has 0 aromatic carbocycles. The maximum absolute atomic E-state index is 12.7. The van der Waals surface area contributed by atoms with E-state index in [1.807, 2.05) is 0 Å². The highest BCUT2D eigenvalue weighted by atomic mass is 16.7. The zero-order valence-electron chi connectivity index (χ0n) is 27.1. The fraction of sp³-hybridized carbons (Fsp3) is 0.970. The Balaban J connectivity index is 2.53. The predicted octanol–water partition coefficient (Wildman–Crippen LogP) is 3.85. The molecule has 43 heavy (non-hydrogen) atoms. The van der Waals surface area contributed by atoms with Gasteiger partial charge in [0.2, 0.25) is 5.91 Å². The number of nitrogens with one attached hydrogen (secondary N) is 1. The molecule has 8 unspecified atom stereocenters. The monoisotopic (exact) mass is 619 g/mol. The van der Waals surface area contributed by atoms with Crippen LogP contribution in [-0.4, -0.2) is 98.7 Å². The van der Waals surface area contributed by atoms with Crippen LogP contribution in [0.15, 0.2) is 0 Å². The van der Waals surface area contributed by atoms with Gasteiger partial charge < -0.3 is 45.4 Å². The van der Waals surface area contributed by atoms with Crippen molar-refractivity contribution in [3.63, 3.8) is 0 Å². The van der Waals surface area contributed by atoms with Crippen LogP contribution >= 0.6 is 0 Å². The van der Waals surface area contributed by atoms with Crippen LogP contribution in [0.4, 0.5) is 0 Å². The Labute approximate surface area is 260 Å². The van der Waals surface area contributed by atoms with E-state index in [1.54, 1.807) is 0 Å². The Morgan fingerprint density at radius 1 is 0.721 bits per heavy atom. The maximum atomic E-state index is 12.7. The Hall–Kier alpha value is -0.850. The fourth-order valence-electron chi connectivity index (χ4n) is 5.61. The number of hydrogen-bond donors (Lipinski definition) is 7. The molecule has 0 aromatic heterocycles. The molecular weight excluding hydrogens is 554 g/mol. The fourth-order valence-corrected chi connectivity index (χ4v) is 5.61. The van der Waals surface area contributed by atoms with E-state index in [-0.39, 0.29) is 18.9 Å². The second-order valence-corrected chi connectivity index (χ2v) is 12.5. The molecule has 1 fully saturated rings. The number of rotatable bonds is 27. The number of carbonyl (C=O) groups excluding carboxylic acids is 1. The standard InChI is InChI=1S/C33H65NO9/c1-3-5-7-9-11-12-13-14-15-16-17-19-21-26(36)29(38)25(34-28(37)22-20-18-10-8-6-4-2)24-42-33-32(41)31(40)30(39)27(23-35)43-33/h25-27,29-33,35-36,38-41H,3-24H2,1-2H3,(H,34,37). The molecule has 7 N–H and O–H groups in total. The summed E-state index contributed by atoms with van der Waals surface area (Å²) < 4.78 is 11.0. The molecule has 0 bridgehead atoms. The summed E-state index contributed by atoms with van der Waals surface area (Å²) in [7, 11) is 0. The minimum atomic E-state index is -1.60. The first kappa shape index (κ1) is 40.2. The number of unbranched alkanes of at least 4 members (excludes halogenated alkanes) is 16. The minimum absolute atomic E-state index is 0.269. The second-order valence-electron chi connectivity index (χ2n) is 12.5. The lowest BCUT2D eigenvalue weighted by atomic mass is 9.98. The minimum Gasteiger partial charge on any atom is -0.394 e. The molecule has 0 radical (unpaired) electrons. The zero-order chi connectivity index (χ0) is 31.9. The number of aliphatic hydroxyl groups excluding tert-OH is 6. The van der Waals surface area contributed by atoms with Gasteiger partial charge in [0.15, 0.2) is 6.29 Å². The van der Waals surface area contributed by atoms with Gasteiger partial charge >= 0.3 is 0 Å². The average molecular weight is 620 g/mol. The smallest absolute Gasteiger partial charge is 0.220 e. The first-order chi connectivity index (χ1) is 20.8. The van der Waals surface area contributed by atoms with Crippen LogP contribution in [0.3, 0.4) is 0 Å². The molecule has 1 aliphatic heterocycles. The third kappa shape index (κ3) is 17.4. The molecule has 256 valence electrons. The molecule has 0 spiro atoms. The molecule has 1 saturated heterocycles. The topological polar surface area (TPSA) is 169 Å². The summed E-state index contributed by atoms with van der Waals surface area (Å²) in [6.45, 7) is 3.49. The van der Waals surface area contributed by atoms with Crippen LogP contribution in [-0.2, 0) is 14.3 Å². The first-order valence-corrected chi connectivity index (χ1v) is 17.3. The van der Waals surface area contributed by atoms with Crippen LogP contribution in [0.5, 0.6) is 0 Å². The Morgan fingerprint density at radius 3 is 1.72 bits per heavy atom. The third-order valence-electron chi connectivity index (χ3n) is 8.55. The maximum Gasteiger partial charge on any atom is 0.220 e. The summed E-state index contributed by atoms with van der Waals surface area (Å²) in [4.78, 5) is 12.7. The van der Waals surface area contributed by atoms with Crippen LogP contribution in [0, 0.1) is 0 Å². The highest BCUT2D eigenvalue weighted by Gasteiger charge is 2.44. The van der Waals surface area contributed by atoms with Gasteiger partial charge in [0, 0.05) is 6.42 Å². The highest BCUT2D eigenvalue weighted by Crippen LogP contribution is 2.23. The van der Waals surface area contributed by atoms with Crippen molar-refractivity contribution >= 4 is 5.91 Å². The molecule has 1 amide bonds. The van der Waals surface area contributed by atoms with Crippen molar-refractivity contribution in [2.24, 2.45) is 0 Å². The number of ether oxygens (including phenoxy) is 2. The van der Waals surface area contributed by atoms with Crippen molar-refractivity contribution in [1.82, 2.24) is 5.32 Å². The van der Waals surface area contributed by atoms with Gasteiger partial charge in [-0.25, -0.2) is 0 Å². The zero-order valence-corrected chi connectivity index (χ0v) is 27.1. The van der Waals surface area contributed by atoms with Crippen molar-refractivity contribution in [3.8, 4) is 0 Å². The number of hydrogen-bond acceptors (Lipinski definition) is 9. The van der Waals surface area contributed by atoms with Crippen molar-refractivity contribution in [2.75, 3.05) is 13.2 Å². The molecule has 1 heterocycles. The van der Waals surface area contributed by atoms with Gasteiger partial charge in [0.1, 0.15) is 30.5 Å². The van der Waals surface area contributed by atoms with Crippen molar-refractivity contribution < 1.29 is 44.9 Å². The summed E-state index contributed by atoms with van der Waals surface area (Å²) in [5.74, 6) is -0.269. The quantitative estimate of drug-likeness (QED) is 0.0675. The number of carbonyl (C=O) groups is 1. The Morgan fingerprint density at radius 2 is 1.21 bits per heavy atom. The SMILES string of the molecule is CCCCCCCCCCCCCCC(O)C(O)C(COC1OC(CO)C(O)C(O)C1O)NC(=O)CCCCCCCC. The van der Waals surface area contributed by atoms with Gasteiger partial charge in [-0.1, -0.05) is 123 Å². The number of amides is 1. The van der Waals surface area contributed by atoms with Gasteiger partial charge in [-0.05, 0) is 12.8 Å². The molecule has 0 aromatic rings. The van der Waals surface area contributed by atoms with E-state index in [0.717, 1.165) is 51.4 Å². The number of aliphatic hydroxyl groups is 6. The van der Waals surface area contributed by atoms with Gasteiger partial charge in [0.25, 0.3) is 0 Å². The molecule has 10 nitrogen and oxygen atoms in total. The van der Waals surface area contributed by atoms with Gasteiger partial charge in [0.05, 0.1) is 25.4 Å². The molecule has 0 aliphatic carbocycles. The summed E-state index contributed by atoms with van der Waals surface area (Å²) in [5, 5.41) is 64.3. The van der Waals surface area contributed by atoms with E-state index in [9.17, 15) is 35.4 Å². The van der Waals surface area contributed by atoms with Gasteiger partial charge in [-0.2, -0.15) is 0 Å². The summed E-state index contributed by atoms with van der Waals surface area (Å²) >= 11 is 0. The summed E-state index contributed by atoms with van der Waals surface area (Å²) in [6.07, 6.45) is 11.5. The lowest BCUT2D eigenvalue weighted by molar-refractivity contribution is -0.303. The van der Waals surface area contributed by atoms with Crippen LogP contribution in [0.25, 0.3) is 0 Å². The van der Waals surface area contributed by atoms with Crippen LogP contribution in [0.1, 0.15) is 142 Å². The summed E-state index contributed by atoms with van der Waals surface area (Å²) in [6, 6.07) is -0.979. The van der Waals surface area contributed by atoms with Gasteiger partial charge in [-0.15, -0.1) is 0 Å². The summed E-state index contributed by atoms with van der Waals surface area (Å²) in [5.41, 5.74) is 0. The normalized spacial score (nSPS) is 24.5. The average Bonchev–Trinajstić information content (AvgIpc) is 3.00. The Bertz CT molecular complexity index is 668. The van der Waals surface area contributed by atoms with Gasteiger partial charge in [-0.3, -0.25) is 4.79 Å². The van der Waals surface area contributed by atoms with E-state index in [0.29, 0.717) is 12.8 Å². The predicted molar refractivity (Wildman–Crippen MR) is 167 cm³/mol. The first-order valence-electron chi connectivity index (χ1n) is 17.3. The van der Waals surface area contributed by atoms with Crippen molar-refractivity contribution in [3.05, 3.63) is 0 Å². The molecular formula is C33H65NO9. The third-order valence-corrected chi connectivity index (χ3v) is 8.55. The molecule has 10 heteroatoms. The van der Waals surface area contributed by atoms with E-state index >= 15 is 0 Å². The van der Waals surface area contributed by atoms with Crippen LogP contribution < -0.4 is 5.32 Å². The van der Waals surface area contributed by atoms with E-state index < -0.39 is 55.6 Å². The molecule has 8 atom stereocenters. The lowest BCUT2D eigenvalue weighted by Crippen LogP contribution is -2.60. The lowest BCUT2D eigenvalue weighted by Gasteiger charge is -2.40. The van der Waals surface area contributed by atoms with Crippen molar-refractivity contribution in [1.29, 1.82) is 0 Å². The largest absolute Gasteiger partial charge is 0.394 e. The molecule has 1 aliphatic rings. The Kier molecular flexibility index (Phi) is 23.7. The van der Waals surface area contributed by atoms with E-state index in [4.69, 9.17) is 9.47 Å². The van der Waals surface area contributed by atoms with Crippen molar-refractivity contribution in [2.45, 2.75) is 191 Å². The molecule has 1 rings (SSSR count). The highest BCUT2D eigenvalue weighted by molar-refractivity contribution is 5.76. The van der Waals surface area contributed by atoms with Crippen LogP contribution in [0.2, 0.25) is 0 Å². The molecule has 0 saturated carbocycles.